The molecule has 0 bridgehead atoms. The van der Waals surface area contributed by atoms with Crippen molar-refractivity contribution in [3.05, 3.63) is 36.0 Å². The Hall–Kier alpha value is -1.99. The minimum atomic E-state index is -0.401. The van der Waals surface area contributed by atoms with E-state index in [0.29, 0.717) is 29.2 Å². The lowest BCUT2D eigenvalue weighted by atomic mass is 9.85. The molecule has 1 aliphatic heterocycles. The van der Waals surface area contributed by atoms with Gasteiger partial charge in [0, 0.05) is 11.6 Å². The van der Waals surface area contributed by atoms with Crippen molar-refractivity contribution in [2.45, 2.75) is 57.2 Å². The first-order valence-corrected chi connectivity index (χ1v) is 9.26. The first-order valence-electron chi connectivity index (χ1n) is 9.26. The number of carbonyl (C=O) groups excluding carboxylic acids is 1. The molecule has 2 aliphatic rings. The molecule has 4 rings (SSSR count). The Morgan fingerprint density at radius 1 is 1.37 bits per heavy atom. The van der Waals surface area contributed by atoms with Crippen LogP contribution in [0.3, 0.4) is 0 Å². The van der Waals surface area contributed by atoms with Crippen molar-refractivity contribution in [2.24, 2.45) is 5.92 Å². The number of nitrogens with one attached hydrogen (secondary N) is 2. The summed E-state index contributed by atoms with van der Waals surface area (Å²) in [7, 11) is 0. The zero-order chi connectivity index (χ0) is 18.1. The normalized spacial score (nSPS) is 25.3. The number of nitrogens with zero attached hydrogens (tertiary/aromatic N) is 2. The van der Waals surface area contributed by atoms with Gasteiger partial charge in [-0.1, -0.05) is 30.1 Å². The second kappa shape index (κ2) is 8.35. The number of aromatic nitrogens is 2. The molecule has 4 atom stereocenters. The quantitative estimate of drug-likeness (QED) is 0.830. The van der Waals surface area contributed by atoms with Crippen LogP contribution in [0.4, 0.5) is 4.39 Å². The zero-order valence-electron chi connectivity index (χ0n) is 15.2. The van der Waals surface area contributed by atoms with Gasteiger partial charge in [0.05, 0.1) is 6.04 Å². The topological polar surface area (TPSA) is 80.0 Å². The predicted molar refractivity (Wildman–Crippen MR) is 101 cm³/mol. The zero-order valence-corrected chi connectivity index (χ0v) is 16.0. The van der Waals surface area contributed by atoms with Crippen LogP contribution < -0.4 is 10.6 Å². The fraction of sp³-hybridized carbons (Fsp3) is 0.526. The minimum Gasteiger partial charge on any atom is -0.343 e. The summed E-state index contributed by atoms with van der Waals surface area (Å²) in [6.45, 7) is 1.81. The molecule has 8 heteroatoms. The predicted octanol–water partition coefficient (Wildman–Crippen LogP) is 3.40. The van der Waals surface area contributed by atoms with E-state index in [-0.39, 0.29) is 30.2 Å². The van der Waals surface area contributed by atoms with Gasteiger partial charge in [0.2, 0.25) is 17.6 Å². The number of fused-ring (bicyclic) bond motifs is 1. The highest BCUT2D eigenvalue weighted by atomic mass is 35.5. The Bertz CT molecular complexity index is 786. The number of benzene rings is 1. The highest BCUT2D eigenvalue weighted by molar-refractivity contribution is 5.85. The number of carbonyl (C=O) groups is 1. The van der Waals surface area contributed by atoms with E-state index in [9.17, 15) is 9.18 Å². The van der Waals surface area contributed by atoms with Crippen LogP contribution in [-0.4, -0.2) is 28.1 Å². The summed E-state index contributed by atoms with van der Waals surface area (Å²) >= 11 is 0. The van der Waals surface area contributed by atoms with E-state index in [1.54, 1.807) is 12.1 Å². The second-order valence-corrected chi connectivity index (χ2v) is 7.30. The largest absolute Gasteiger partial charge is 0.343 e. The maximum absolute atomic E-state index is 13.3. The van der Waals surface area contributed by atoms with Gasteiger partial charge in [-0.05, 0) is 44.2 Å². The monoisotopic (exact) mass is 394 g/mol. The smallest absolute Gasteiger partial charge is 0.249 e. The maximum atomic E-state index is 13.3. The molecular weight excluding hydrogens is 371 g/mol. The third-order valence-corrected chi connectivity index (χ3v) is 5.43. The molecule has 0 spiro atoms. The lowest BCUT2D eigenvalue weighted by Gasteiger charge is -2.24. The van der Waals surface area contributed by atoms with Crippen LogP contribution in [0.25, 0.3) is 11.4 Å². The van der Waals surface area contributed by atoms with Gasteiger partial charge < -0.3 is 15.2 Å². The highest BCUT2D eigenvalue weighted by Gasteiger charge is 2.38. The molecule has 2 heterocycles. The number of rotatable bonds is 4. The minimum absolute atomic E-state index is 0. The van der Waals surface area contributed by atoms with Gasteiger partial charge in [-0.2, -0.15) is 4.98 Å². The summed E-state index contributed by atoms with van der Waals surface area (Å²) in [4.78, 5) is 16.9. The van der Waals surface area contributed by atoms with E-state index in [1.807, 2.05) is 6.92 Å². The van der Waals surface area contributed by atoms with Crippen LogP contribution in [0.2, 0.25) is 0 Å². The van der Waals surface area contributed by atoms with Crippen LogP contribution >= 0.6 is 12.4 Å². The van der Waals surface area contributed by atoms with Crippen LogP contribution in [0, 0.1) is 11.7 Å². The van der Waals surface area contributed by atoms with Gasteiger partial charge >= 0.3 is 0 Å². The van der Waals surface area contributed by atoms with Crippen molar-refractivity contribution in [2.75, 3.05) is 0 Å². The van der Waals surface area contributed by atoms with Crippen LogP contribution in [0.1, 0.15) is 51.0 Å². The molecule has 1 saturated heterocycles. The van der Waals surface area contributed by atoms with Crippen molar-refractivity contribution in [3.63, 3.8) is 0 Å². The van der Waals surface area contributed by atoms with Gasteiger partial charge in [0.25, 0.3) is 0 Å². The SMILES string of the molecule is CC(NC(=O)C1CC2CCCCC2N1)c1nc(-c2cccc(F)c2)no1.Cl. The maximum Gasteiger partial charge on any atom is 0.249 e. The second-order valence-electron chi connectivity index (χ2n) is 7.30. The summed E-state index contributed by atoms with van der Waals surface area (Å²) in [6.07, 6.45) is 5.76. The number of amides is 1. The fourth-order valence-electron chi connectivity index (χ4n) is 4.05. The molecule has 2 aromatic rings. The van der Waals surface area contributed by atoms with Gasteiger partial charge in [0.15, 0.2) is 0 Å². The van der Waals surface area contributed by atoms with Crippen LogP contribution in [0.15, 0.2) is 28.8 Å². The highest BCUT2D eigenvalue weighted by Crippen LogP contribution is 2.33. The molecule has 1 saturated carbocycles. The molecule has 4 unspecified atom stereocenters. The Morgan fingerprint density at radius 2 is 2.19 bits per heavy atom. The molecule has 1 amide bonds. The first kappa shape index (κ1) is 19.8. The summed E-state index contributed by atoms with van der Waals surface area (Å²) in [6, 6.07) is 5.93. The number of hydrogen-bond donors (Lipinski definition) is 2. The Morgan fingerprint density at radius 3 is 2.96 bits per heavy atom. The van der Waals surface area contributed by atoms with E-state index in [4.69, 9.17) is 4.52 Å². The summed E-state index contributed by atoms with van der Waals surface area (Å²) < 4.78 is 18.6. The molecule has 2 fully saturated rings. The van der Waals surface area contributed by atoms with Gasteiger partial charge in [0.1, 0.15) is 11.9 Å². The summed E-state index contributed by atoms with van der Waals surface area (Å²) in [5.41, 5.74) is 0.542. The molecule has 0 radical (unpaired) electrons. The van der Waals surface area contributed by atoms with Crippen molar-refractivity contribution in [3.8, 4) is 11.4 Å². The fourth-order valence-corrected chi connectivity index (χ4v) is 4.05. The van der Waals surface area contributed by atoms with E-state index in [2.05, 4.69) is 20.8 Å². The lowest BCUT2D eigenvalue weighted by Crippen LogP contribution is -2.43. The molecule has 1 aliphatic carbocycles. The van der Waals surface area contributed by atoms with E-state index in [0.717, 1.165) is 12.8 Å². The lowest BCUT2D eigenvalue weighted by molar-refractivity contribution is -0.123. The van der Waals surface area contributed by atoms with Crippen molar-refractivity contribution in [1.29, 1.82) is 0 Å². The number of halogens is 2. The summed E-state index contributed by atoms with van der Waals surface area (Å²) in [5.74, 6) is 0.845. The molecule has 146 valence electrons. The molecular formula is C19H24ClFN4O2. The molecule has 1 aromatic carbocycles. The summed E-state index contributed by atoms with van der Waals surface area (Å²) in [5, 5.41) is 10.3. The third-order valence-electron chi connectivity index (χ3n) is 5.43. The third kappa shape index (κ3) is 4.30. The van der Waals surface area contributed by atoms with Crippen molar-refractivity contribution >= 4 is 18.3 Å². The molecule has 1 aromatic heterocycles. The van der Waals surface area contributed by atoms with Crippen molar-refractivity contribution < 1.29 is 13.7 Å². The Balaban J connectivity index is 0.00000210. The Labute approximate surface area is 163 Å². The van der Waals surface area contributed by atoms with Gasteiger partial charge in [-0.3, -0.25) is 4.79 Å². The van der Waals surface area contributed by atoms with E-state index in [1.165, 1.54) is 31.4 Å². The average Bonchev–Trinajstić information content (AvgIpc) is 3.29. The molecule has 27 heavy (non-hydrogen) atoms. The molecule has 6 nitrogen and oxygen atoms in total. The Kier molecular flexibility index (Phi) is 6.11. The van der Waals surface area contributed by atoms with Gasteiger partial charge in [-0.15, -0.1) is 12.4 Å². The van der Waals surface area contributed by atoms with Crippen LogP contribution in [-0.2, 0) is 4.79 Å². The number of hydrogen-bond acceptors (Lipinski definition) is 5. The van der Waals surface area contributed by atoms with E-state index < -0.39 is 6.04 Å². The standard InChI is InChI=1S/C19H23FN4O2.ClH/c1-11(19-23-17(24-26-19)13-6-4-7-14(20)9-13)21-18(25)16-10-12-5-2-3-8-15(12)22-16;/h4,6-7,9,11-12,15-16,22H,2-3,5,8,10H2,1H3,(H,21,25);1H. The van der Waals surface area contributed by atoms with Gasteiger partial charge in [-0.25, -0.2) is 4.39 Å². The van der Waals surface area contributed by atoms with Crippen LogP contribution in [0.5, 0.6) is 0 Å². The van der Waals surface area contributed by atoms with E-state index >= 15 is 0 Å². The molecule has 2 N–H and O–H groups in total. The van der Waals surface area contributed by atoms with Crippen molar-refractivity contribution in [1.82, 2.24) is 20.8 Å². The first-order chi connectivity index (χ1) is 12.6. The average molecular weight is 395 g/mol.